The Morgan fingerprint density at radius 1 is 1.54 bits per heavy atom. The lowest BCUT2D eigenvalue weighted by Gasteiger charge is -2.21. The van der Waals surface area contributed by atoms with E-state index in [1.807, 2.05) is 0 Å². The molecule has 1 aromatic heterocycles. The van der Waals surface area contributed by atoms with E-state index in [0.29, 0.717) is 4.90 Å². The van der Waals surface area contributed by atoms with Crippen molar-refractivity contribution in [3.8, 4) is 0 Å². The maximum atomic E-state index is 11.8. The van der Waals surface area contributed by atoms with Gasteiger partial charge in [-0.1, -0.05) is 0 Å². The van der Waals surface area contributed by atoms with E-state index in [2.05, 4.69) is 4.98 Å². The lowest BCUT2D eigenvalue weighted by molar-refractivity contribution is 0.549. The third-order valence-electron chi connectivity index (χ3n) is 2.10. The van der Waals surface area contributed by atoms with Crippen molar-refractivity contribution in [1.82, 2.24) is 4.98 Å². The van der Waals surface area contributed by atoms with Crippen molar-refractivity contribution in [2.75, 3.05) is 6.54 Å². The van der Waals surface area contributed by atoms with E-state index in [-0.39, 0.29) is 6.54 Å². The maximum absolute atomic E-state index is 11.8. The van der Waals surface area contributed by atoms with Gasteiger partial charge in [0.1, 0.15) is 0 Å². The van der Waals surface area contributed by atoms with Crippen LogP contribution in [0.2, 0.25) is 0 Å². The molecule has 0 bridgehead atoms. The van der Waals surface area contributed by atoms with E-state index in [0.717, 1.165) is 0 Å². The van der Waals surface area contributed by atoms with Gasteiger partial charge in [-0.25, -0.2) is 8.42 Å². The van der Waals surface area contributed by atoms with E-state index in [1.54, 1.807) is 20.0 Å². The Hall–Kier alpha value is -0.810. The monoisotopic (exact) mass is 202 g/mol. The highest BCUT2D eigenvalue weighted by Crippen LogP contribution is 2.23. The van der Waals surface area contributed by atoms with Crippen molar-refractivity contribution < 1.29 is 8.42 Å². The third-order valence-corrected chi connectivity index (χ3v) is 4.59. The first kappa shape index (κ1) is 10.3. The summed E-state index contributed by atoms with van der Waals surface area (Å²) in [6.07, 6.45) is 3.05. The smallest absolute Gasteiger partial charge is 0.186 e. The second kappa shape index (κ2) is 3.16. The first-order valence-electron chi connectivity index (χ1n) is 3.99. The van der Waals surface area contributed by atoms with Crippen LogP contribution in [0.4, 0.5) is 0 Å². The molecule has 1 aromatic rings. The summed E-state index contributed by atoms with van der Waals surface area (Å²) >= 11 is 0. The maximum Gasteiger partial charge on any atom is 0.186 e. The highest BCUT2D eigenvalue weighted by atomic mass is 32.2. The molecule has 0 aliphatic rings. The lowest BCUT2D eigenvalue weighted by atomic mass is 10.2. The molecule has 4 nitrogen and oxygen atoms in total. The molecule has 0 fully saturated rings. The van der Waals surface area contributed by atoms with Crippen LogP contribution in [-0.2, 0) is 9.84 Å². The normalized spacial score (nSPS) is 13.2. The van der Waals surface area contributed by atoms with Crippen LogP contribution in [0, 0.1) is 0 Å². The van der Waals surface area contributed by atoms with Gasteiger partial charge in [-0.05, 0) is 19.9 Å². The summed E-state index contributed by atoms with van der Waals surface area (Å²) in [7, 11) is -3.30. The van der Waals surface area contributed by atoms with Crippen LogP contribution in [0.1, 0.15) is 13.8 Å². The lowest BCUT2D eigenvalue weighted by Crippen LogP contribution is -2.39. The van der Waals surface area contributed by atoms with Gasteiger partial charge in [-0.2, -0.15) is 0 Å². The van der Waals surface area contributed by atoms with Crippen molar-refractivity contribution in [2.24, 2.45) is 5.73 Å². The van der Waals surface area contributed by atoms with Gasteiger partial charge in [0.2, 0.25) is 0 Å². The molecule has 0 atom stereocenters. The number of nitrogens with one attached hydrogen (secondary N) is 1. The second-order valence-corrected chi connectivity index (χ2v) is 6.10. The van der Waals surface area contributed by atoms with Crippen LogP contribution < -0.4 is 5.73 Å². The fourth-order valence-corrected chi connectivity index (χ4v) is 2.23. The van der Waals surface area contributed by atoms with Crippen LogP contribution in [0.25, 0.3) is 0 Å². The summed E-state index contributed by atoms with van der Waals surface area (Å²) in [6, 6.07) is 1.53. The zero-order valence-corrected chi connectivity index (χ0v) is 8.56. The molecule has 0 aliphatic carbocycles. The summed E-state index contributed by atoms with van der Waals surface area (Å²) in [5, 5.41) is 0. The van der Waals surface area contributed by atoms with Gasteiger partial charge in [0.05, 0.1) is 9.64 Å². The third kappa shape index (κ3) is 1.62. The highest BCUT2D eigenvalue weighted by Gasteiger charge is 2.34. The highest BCUT2D eigenvalue weighted by molar-refractivity contribution is 7.92. The molecular weight excluding hydrogens is 188 g/mol. The number of hydrogen-bond acceptors (Lipinski definition) is 3. The molecule has 0 spiro atoms. The van der Waals surface area contributed by atoms with Gasteiger partial charge in [0.15, 0.2) is 9.84 Å². The zero-order valence-electron chi connectivity index (χ0n) is 7.74. The zero-order chi connectivity index (χ0) is 10.1. The Balaban J connectivity index is 3.18. The minimum absolute atomic E-state index is 0.112. The first-order valence-corrected chi connectivity index (χ1v) is 5.47. The van der Waals surface area contributed by atoms with Gasteiger partial charge in [-0.3, -0.25) is 0 Å². The molecular formula is C8H14N2O2S. The average molecular weight is 202 g/mol. The number of H-pyrrole nitrogens is 1. The predicted molar refractivity (Wildman–Crippen MR) is 51.1 cm³/mol. The van der Waals surface area contributed by atoms with Crippen molar-refractivity contribution in [3.63, 3.8) is 0 Å². The number of sulfone groups is 1. The van der Waals surface area contributed by atoms with Crippen LogP contribution in [-0.4, -0.2) is 24.7 Å². The van der Waals surface area contributed by atoms with Crippen molar-refractivity contribution in [3.05, 3.63) is 18.5 Å². The Bertz CT molecular complexity index is 365. The van der Waals surface area contributed by atoms with Gasteiger partial charge in [0.25, 0.3) is 0 Å². The van der Waals surface area contributed by atoms with Crippen molar-refractivity contribution >= 4 is 9.84 Å². The second-order valence-electron chi connectivity index (χ2n) is 3.51. The number of hydrogen-bond donors (Lipinski definition) is 2. The molecule has 1 heterocycles. The molecule has 0 saturated carbocycles. The van der Waals surface area contributed by atoms with Gasteiger partial charge >= 0.3 is 0 Å². The number of rotatable bonds is 3. The topological polar surface area (TPSA) is 76.0 Å². The van der Waals surface area contributed by atoms with Crippen LogP contribution in [0.5, 0.6) is 0 Å². The molecule has 0 aromatic carbocycles. The Labute approximate surface area is 78.1 Å². The average Bonchev–Trinajstić information content (AvgIpc) is 2.56. The summed E-state index contributed by atoms with van der Waals surface area (Å²) in [6.45, 7) is 3.35. The molecule has 0 amide bonds. The fraction of sp³-hybridized carbons (Fsp3) is 0.500. The molecule has 0 radical (unpaired) electrons. The molecule has 1 rings (SSSR count). The van der Waals surface area contributed by atoms with Crippen LogP contribution >= 0.6 is 0 Å². The molecule has 13 heavy (non-hydrogen) atoms. The van der Waals surface area contributed by atoms with E-state index in [9.17, 15) is 8.42 Å². The molecule has 3 N–H and O–H groups in total. The minimum Gasteiger partial charge on any atom is -0.366 e. The van der Waals surface area contributed by atoms with Gasteiger partial charge < -0.3 is 10.7 Å². The van der Waals surface area contributed by atoms with Crippen molar-refractivity contribution in [2.45, 2.75) is 23.5 Å². The molecule has 0 aliphatic heterocycles. The summed E-state index contributed by atoms with van der Waals surface area (Å²) in [5.74, 6) is 0. The van der Waals surface area contributed by atoms with E-state index >= 15 is 0 Å². The SMILES string of the molecule is CC(C)(CN)S(=O)(=O)c1cc[nH]c1. The van der Waals surface area contributed by atoms with Gasteiger partial charge in [-0.15, -0.1) is 0 Å². The standard InChI is InChI=1S/C8H14N2O2S/c1-8(2,6-9)13(11,12)7-3-4-10-5-7/h3-5,10H,6,9H2,1-2H3. The van der Waals surface area contributed by atoms with E-state index in [1.165, 1.54) is 12.3 Å². The quantitative estimate of drug-likeness (QED) is 0.750. The minimum atomic E-state index is -3.30. The number of aromatic amines is 1. The molecule has 0 unspecified atom stereocenters. The molecule has 74 valence electrons. The molecule has 5 heteroatoms. The van der Waals surface area contributed by atoms with E-state index < -0.39 is 14.6 Å². The predicted octanol–water partition coefficient (Wildman–Crippen LogP) is 0.526. The fourth-order valence-electron chi connectivity index (χ4n) is 0.904. The van der Waals surface area contributed by atoms with Crippen molar-refractivity contribution in [1.29, 1.82) is 0 Å². The molecule has 0 saturated heterocycles. The first-order chi connectivity index (χ1) is 5.92. The summed E-state index contributed by atoms with van der Waals surface area (Å²) in [5.41, 5.74) is 5.41. The number of nitrogens with two attached hydrogens (primary N) is 1. The van der Waals surface area contributed by atoms with E-state index in [4.69, 9.17) is 5.73 Å². The Kier molecular flexibility index (Phi) is 2.49. The summed E-state index contributed by atoms with van der Waals surface area (Å²) in [4.78, 5) is 3.01. The van der Waals surface area contributed by atoms with Crippen LogP contribution in [0.3, 0.4) is 0 Å². The largest absolute Gasteiger partial charge is 0.366 e. The summed E-state index contributed by atoms with van der Waals surface area (Å²) < 4.78 is 22.8. The Morgan fingerprint density at radius 3 is 2.54 bits per heavy atom. The van der Waals surface area contributed by atoms with Crippen LogP contribution in [0.15, 0.2) is 23.4 Å². The Morgan fingerprint density at radius 2 is 2.15 bits per heavy atom. The van der Waals surface area contributed by atoms with Gasteiger partial charge in [0, 0.05) is 18.9 Å². The number of aromatic nitrogens is 1.